The number of amides is 17. The summed E-state index contributed by atoms with van der Waals surface area (Å²) in [6, 6.07) is -1.82. The maximum absolute atomic E-state index is 15.8. The average Bonchev–Trinajstić information content (AvgIpc) is 1.53. The topological polar surface area (TPSA) is 620 Å². The molecule has 3 aliphatic rings. The van der Waals surface area contributed by atoms with Crippen molar-refractivity contribution >= 4 is 150 Å². The quantitative estimate of drug-likeness (QED) is 0.0174. The summed E-state index contributed by atoms with van der Waals surface area (Å²) in [4.78, 5) is 266. The number of carbonyl (C=O) groups excluding carboxylic acids is 17. The zero-order chi connectivity index (χ0) is 99.3. The standard InChI is InChI=1S/C92H128N22O20S2/c1-10-12-24-71-85(127)102-62(23-18-32-97-52(6)93)81(123)109-70(80(122)99-43-77(95)119)47-135-48-78(120)101-66(35-53-28-30-57(116)31-29-53)88(130)110(7)51(5)79(121)105-68(40-76(94)118)90(132)113-33-19-26-72(113)86(128)104-64(38-56-42-96-49-100-56)83(125)106-65(34-50(3)4)91(133)114-44-58(117)39-74(114)87(129)103-63(36-54-41-98-61-22-16-14-20-59(54)61)82(124)108-69(45-115)84(126)107-67(37-55-46-136-75-27-17-15-21-60(55)75)89(131)112(9)73(25-13-11-2)92(134)111(71)8/h14-17,20-22,27-31,41-42,46,49-51,58,62-74,98,115-117H,10-13,18-19,23-26,32-40,43-45,47-48H2,1-9H3,(H2,93,97)(H2,94,118)(H2,95,119)(H,96,100)(H,99,122)(H,101,120)(H,102,127)(H,103,129)(H,104,128)(H,105,121)(H,106,125)(H,107,126)(H,108,124)(H,109,123)/t51-,58+,62-,63-,64-,65-,66-,67-,68-,69-,70-,71-,72-,73-,74-/m0/s1. The van der Waals surface area contributed by atoms with E-state index in [-0.39, 0.29) is 108 Å². The zero-order valence-electron chi connectivity index (χ0n) is 77.9. The average molecular weight is 1930 g/mol. The number of para-hydroxylation sites is 1. The van der Waals surface area contributed by atoms with Gasteiger partial charge in [-0.05, 0) is 116 Å². The highest BCUT2D eigenvalue weighted by atomic mass is 32.2. The van der Waals surface area contributed by atoms with E-state index in [9.17, 15) is 58.5 Å². The van der Waals surface area contributed by atoms with Gasteiger partial charge in [-0.15, -0.1) is 23.1 Å². The summed E-state index contributed by atoms with van der Waals surface area (Å²) < 4.78 is 0.816. The number of thiophene rings is 1. The van der Waals surface area contributed by atoms with E-state index < -0.39 is 229 Å². The molecule has 6 heterocycles. The molecule has 44 heteroatoms. The predicted molar refractivity (Wildman–Crippen MR) is 505 cm³/mol. The fraction of sp³-hybridized carbons (Fsp3) is 0.533. The number of phenols is 1. The normalized spacial score (nSPS) is 24.7. The number of phenolic OH excluding ortho intramolecular Hbond substituents is 1. The molecule has 0 unspecified atom stereocenters. The number of benzene rings is 3. The number of H-pyrrole nitrogens is 2. The molecule has 0 spiro atoms. The largest absolute Gasteiger partial charge is 0.508 e. The van der Waals surface area contributed by atoms with Crippen LogP contribution in [0.4, 0.5) is 0 Å². The number of aliphatic hydroxyl groups excluding tert-OH is 2. The Morgan fingerprint density at radius 2 is 1.16 bits per heavy atom. The molecule has 3 aromatic heterocycles. The third-order valence-electron chi connectivity index (χ3n) is 24.3. The highest BCUT2D eigenvalue weighted by Crippen LogP contribution is 2.30. The summed E-state index contributed by atoms with van der Waals surface area (Å²) >= 11 is 2.13. The third-order valence-corrected chi connectivity index (χ3v) is 26.3. The molecule has 3 saturated heterocycles. The second-order valence-corrected chi connectivity index (χ2v) is 37.0. The van der Waals surface area contributed by atoms with E-state index in [1.54, 1.807) is 55.8 Å². The fourth-order valence-corrected chi connectivity index (χ4v) is 18.6. The molecule has 0 saturated carbocycles. The van der Waals surface area contributed by atoms with Gasteiger partial charge in [-0.1, -0.05) is 102 Å². The Labute approximate surface area is 795 Å². The smallest absolute Gasteiger partial charge is 0.246 e. The zero-order valence-corrected chi connectivity index (χ0v) is 79.5. The molecule has 3 fully saturated rings. The molecule has 9 rings (SSSR count). The first-order valence-electron chi connectivity index (χ1n) is 45.7. The van der Waals surface area contributed by atoms with Gasteiger partial charge >= 0.3 is 0 Å². The van der Waals surface area contributed by atoms with Gasteiger partial charge in [0.05, 0.1) is 43.6 Å². The van der Waals surface area contributed by atoms with E-state index in [0.717, 1.165) is 36.1 Å². The molecule has 42 nitrogen and oxygen atoms in total. The van der Waals surface area contributed by atoms with Gasteiger partial charge in [0.25, 0.3) is 0 Å². The highest BCUT2D eigenvalue weighted by molar-refractivity contribution is 8.00. The van der Waals surface area contributed by atoms with Gasteiger partial charge in [0.2, 0.25) is 100 Å². The lowest BCUT2D eigenvalue weighted by atomic mass is 10.00. The fourth-order valence-electron chi connectivity index (χ4n) is 16.7. The lowest BCUT2D eigenvalue weighted by molar-refractivity contribution is -0.149. The van der Waals surface area contributed by atoms with Crippen molar-refractivity contribution in [2.24, 2.45) is 17.4 Å². The van der Waals surface area contributed by atoms with Gasteiger partial charge in [0.15, 0.2) is 0 Å². The second kappa shape index (κ2) is 51.0. The first kappa shape index (κ1) is 107. The number of rotatable bonds is 26. The number of fused-ring (bicyclic) bond motifs is 4. The van der Waals surface area contributed by atoms with Crippen LogP contribution in [-0.2, 0) is 107 Å². The number of imidazole rings is 1. The number of aromatic amines is 2. The lowest BCUT2D eigenvalue weighted by Gasteiger charge is -2.36. The van der Waals surface area contributed by atoms with Crippen LogP contribution in [-0.4, -0.2) is 317 Å². The van der Waals surface area contributed by atoms with Crippen LogP contribution in [0.3, 0.4) is 0 Å². The monoisotopic (exact) mass is 1920 g/mol. The molecular formula is C92H128N22O20S2. The van der Waals surface area contributed by atoms with E-state index in [0.29, 0.717) is 64.4 Å². The Hall–Kier alpha value is -13.1. The number of carbonyl (C=O) groups is 17. The number of hydrogen-bond acceptors (Lipinski definition) is 24. The van der Waals surface area contributed by atoms with Gasteiger partial charge < -0.3 is 120 Å². The van der Waals surface area contributed by atoms with Crippen LogP contribution in [0.1, 0.15) is 147 Å². The molecule has 738 valence electrons. The Bertz CT molecular complexity index is 5250. The molecule has 0 radical (unpaired) electrons. The number of aromatic hydroxyl groups is 1. The van der Waals surface area contributed by atoms with Crippen molar-refractivity contribution in [3.63, 3.8) is 0 Å². The maximum atomic E-state index is 15.8. The van der Waals surface area contributed by atoms with E-state index in [1.165, 1.54) is 88.0 Å². The molecule has 0 aliphatic carbocycles. The first-order valence-corrected chi connectivity index (χ1v) is 47.7. The summed E-state index contributed by atoms with van der Waals surface area (Å²) in [5, 5.41) is 73.6. The van der Waals surface area contributed by atoms with Gasteiger partial charge in [-0.3, -0.25) is 86.9 Å². The van der Waals surface area contributed by atoms with Crippen LogP contribution in [0.5, 0.6) is 5.75 Å². The molecule has 3 aromatic carbocycles. The van der Waals surface area contributed by atoms with Crippen LogP contribution in [0.2, 0.25) is 0 Å². The SMILES string of the molecule is CCCC[C@H]1C(=O)N(C)[C@@H](CCCC)C(=O)N[C@@H](CCCNC(C)=N)C(=O)N[C@H](C(=O)NCC(N)=O)CSCC(=O)N[C@@H](Cc2ccc(O)cc2)C(=O)N(C)[C@@H](C)C(=O)N[C@@H](CC(N)=O)C(=O)N2CCC[C@H]2C(=O)N[C@@H](Cc2cnc[nH]2)C(=O)N[C@@H](CC(C)C)C(=O)N2C[C@H](O)C[C@H]2C(=O)N[C@@H](Cc2c[nH]c3ccccc23)C(=O)N[C@@H](CO)C(=O)N[C@@H](Cc2csc3ccccc23)C(=O)N1C. The number of aliphatic hydroxyl groups is 2. The van der Waals surface area contributed by atoms with Crippen molar-refractivity contribution in [2.45, 2.75) is 241 Å². The van der Waals surface area contributed by atoms with Gasteiger partial charge in [-0.25, -0.2) is 4.98 Å². The summed E-state index contributed by atoms with van der Waals surface area (Å²) in [5.41, 5.74) is 13.6. The number of amidine groups is 1. The predicted octanol–water partition coefficient (Wildman–Crippen LogP) is -1.09. The van der Waals surface area contributed by atoms with Crippen molar-refractivity contribution in [2.75, 3.05) is 65.4 Å². The van der Waals surface area contributed by atoms with E-state index in [2.05, 4.69) is 73.4 Å². The Morgan fingerprint density at radius 3 is 1.82 bits per heavy atom. The van der Waals surface area contributed by atoms with Gasteiger partial charge in [0, 0.05) is 112 Å². The molecule has 15 atom stereocenters. The number of nitrogens with two attached hydrogens (primary N) is 2. The van der Waals surface area contributed by atoms with Crippen LogP contribution in [0, 0.1) is 11.3 Å². The summed E-state index contributed by atoms with van der Waals surface area (Å²) in [6.07, 6.45) is 2.36. The van der Waals surface area contributed by atoms with Gasteiger partial charge in [0.1, 0.15) is 90.3 Å². The van der Waals surface area contributed by atoms with Gasteiger partial charge in [-0.2, -0.15) is 0 Å². The van der Waals surface area contributed by atoms with Crippen molar-refractivity contribution in [3.05, 3.63) is 119 Å². The molecule has 6 aromatic rings. The minimum absolute atomic E-state index is 0.000998. The van der Waals surface area contributed by atoms with Crippen molar-refractivity contribution < 1.29 is 96.8 Å². The minimum atomic E-state index is -1.88. The number of nitrogens with zero attached hydrogens (tertiary/aromatic N) is 6. The van der Waals surface area contributed by atoms with E-state index in [4.69, 9.17) is 16.9 Å². The molecule has 3 aliphatic heterocycles. The van der Waals surface area contributed by atoms with Crippen molar-refractivity contribution in [3.8, 4) is 5.75 Å². The van der Waals surface area contributed by atoms with Crippen LogP contribution >= 0.6 is 23.1 Å². The number of thioether (sulfide) groups is 1. The number of nitrogens with one attached hydrogen (secondary N) is 14. The summed E-state index contributed by atoms with van der Waals surface area (Å²) in [7, 11) is 3.95. The molecular weight excluding hydrogens is 1800 g/mol. The molecule has 0 bridgehead atoms. The number of likely N-dealkylation sites (N-methyl/N-ethyl adjacent to an activating group) is 3. The summed E-state index contributed by atoms with van der Waals surface area (Å²) in [6.45, 7) is 7.69. The number of primary amides is 2. The second-order valence-electron chi connectivity index (χ2n) is 35.1. The lowest BCUT2D eigenvalue weighted by Crippen LogP contribution is -2.62. The van der Waals surface area contributed by atoms with Crippen molar-refractivity contribution in [1.82, 2.24) is 97.9 Å². The Kier molecular flexibility index (Phi) is 40.0. The maximum Gasteiger partial charge on any atom is 0.246 e. The first-order chi connectivity index (χ1) is 64.8. The minimum Gasteiger partial charge on any atom is -0.508 e. The summed E-state index contributed by atoms with van der Waals surface area (Å²) in [5.74, 6) is -17.3. The Morgan fingerprint density at radius 1 is 0.581 bits per heavy atom. The molecule has 17 amide bonds. The highest BCUT2D eigenvalue weighted by Gasteiger charge is 2.47. The number of hydrogen-bond donors (Lipinski definition) is 19. The Balaban J connectivity index is 1.10. The van der Waals surface area contributed by atoms with E-state index in [1.807, 2.05) is 32.0 Å². The van der Waals surface area contributed by atoms with Crippen LogP contribution in [0.15, 0.2) is 96.9 Å². The third kappa shape index (κ3) is 29.7. The number of unbranched alkanes of at least 4 members (excludes halogenated alkanes) is 2. The molecule has 21 N–H and O–H groups in total. The molecule has 136 heavy (non-hydrogen) atoms. The van der Waals surface area contributed by atoms with Crippen LogP contribution in [0.25, 0.3) is 21.0 Å². The van der Waals surface area contributed by atoms with Crippen LogP contribution < -0.4 is 70.0 Å². The van der Waals surface area contributed by atoms with Crippen molar-refractivity contribution in [1.29, 1.82) is 5.41 Å². The number of aromatic nitrogens is 3. The van der Waals surface area contributed by atoms with E-state index >= 15 is 38.4 Å².